The molecule has 0 bridgehead atoms. The molecule has 1 rings (SSSR count). The molecule has 0 spiro atoms. The van der Waals surface area contributed by atoms with Crippen LogP contribution in [0.1, 0.15) is 33.5 Å². The van der Waals surface area contributed by atoms with Gasteiger partial charge in [0.2, 0.25) is 0 Å². The number of aromatic nitrogens is 3. The van der Waals surface area contributed by atoms with Gasteiger partial charge in [0, 0.05) is 24.8 Å². The molecule has 1 unspecified atom stereocenters. The van der Waals surface area contributed by atoms with Crippen LogP contribution in [0.2, 0.25) is 0 Å². The van der Waals surface area contributed by atoms with Gasteiger partial charge in [0.05, 0.1) is 0 Å². The molecule has 0 aliphatic heterocycles. The van der Waals surface area contributed by atoms with Crippen LogP contribution in [0, 0.1) is 0 Å². The molecule has 0 saturated heterocycles. The van der Waals surface area contributed by atoms with E-state index in [-0.39, 0.29) is 0 Å². The lowest BCUT2D eigenvalue weighted by Crippen LogP contribution is -2.34. The van der Waals surface area contributed by atoms with E-state index in [1.54, 1.807) is 6.33 Å². The van der Waals surface area contributed by atoms with Gasteiger partial charge >= 0.3 is 0 Å². The summed E-state index contributed by atoms with van der Waals surface area (Å²) in [5.41, 5.74) is 0. The molecule has 17 heavy (non-hydrogen) atoms. The van der Waals surface area contributed by atoms with Gasteiger partial charge in [-0.05, 0) is 18.7 Å². The van der Waals surface area contributed by atoms with E-state index in [0.717, 1.165) is 31.1 Å². The van der Waals surface area contributed by atoms with E-state index >= 15 is 0 Å². The summed E-state index contributed by atoms with van der Waals surface area (Å²) in [7, 11) is 0. The van der Waals surface area contributed by atoms with Crippen LogP contribution >= 0.6 is 11.8 Å². The zero-order chi connectivity index (χ0) is 12.7. The lowest BCUT2D eigenvalue weighted by Gasteiger charge is -2.18. The number of thioether (sulfide) groups is 1. The lowest BCUT2D eigenvalue weighted by atomic mass is 10.2. The topological polar surface area (TPSA) is 42.7 Å². The Bertz CT molecular complexity index is 311. The Balaban J connectivity index is 2.53. The standard InChI is InChI=1S/C12H24N4S/c1-5-13-11(8-17-10(3)4)7-12-14-9-15-16(12)6-2/h9-11,13H,5-8H2,1-4H3. The number of hydrogen-bond acceptors (Lipinski definition) is 4. The highest BCUT2D eigenvalue weighted by molar-refractivity contribution is 7.99. The summed E-state index contributed by atoms with van der Waals surface area (Å²) in [4.78, 5) is 4.34. The van der Waals surface area contributed by atoms with Crippen LogP contribution in [0.25, 0.3) is 0 Å². The molecule has 0 aliphatic rings. The molecule has 0 aromatic carbocycles. The predicted octanol–water partition coefficient (Wildman–Crippen LogP) is 1.96. The third-order valence-corrected chi connectivity index (χ3v) is 3.81. The van der Waals surface area contributed by atoms with Crippen LogP contribution in [0.15, 0.2) is 6.33 Å². The molecule has 1 aromatic rings. The summed E-state index contributed by atoms with van der Waals surface area (Å²) in [5, 5.41) is 8.42. The van der Waals surface area contributed by atoms with Crippen LogP contribution < -0.4 is 5.32 Å². The first-order valence-electron chi connectivity index (χ1n) is 6.39. The van der Waals surface area contributed by atoms with Crippen LogP contribution in [0.5, 0.6) is 0 Å². The number of nitrogens with zero attached hydrogens (tertiary/aromatic N) is 3. The fourth-order valence-corrected chi connectivity index (χ4v) is 2.57. The van der Waals surface area contributed by atoms with Crippen molar-refractivity contribution < 1.29 is 0 Å². The van der Waals surface area contributed by atoms with Crippen molar-refractivity contribution in [2.45, 2.75) is 52.0 Å². The second-order valence-electron chi connectivity index (χ2n) is 4.33. The molecule has 1 aromatic heterocycles. The van der Waals surface area contributed by atoms with E-state index in [2.05, 4.69) is 43.1 Å². The van der Waals surface area contributed by atoms with Gasteiger partial charge in [-0.15, -0.1) is 0 Å². The van der Waals surface area contributed by atoms with Crippen LogP contribution in [-0.2, 0) is 13.0 Å². The van der Waals surface area contributed by atoms with Gasteiger partial charge in [-0.25, -0.2) is 4.98 Å². The Morgan fingerprint density at radius 2 is 2.18 bits per heavy atom. The fourth-order valence-electron chi connectivity index (χ4n) is 1.72. The van der Waals surface area contributed by atoms with Crippen molar-refractivity contribution in [1.82, 2.24) is 20.1 Å². The van der Waals surface area contributed by atoms with E-state index in [4.69, 9.17) is 0 Å². The number of hydrogen-bond donors (Lipinski definition) is 1. The van der Waals surface area contributed by atoms with E-state index in [1.807, 2.05) is 16.4 Å². The highest BCUT2D eigenvalue weighted by Crippen LogP contribution is 2.12. The molecule has 98 valence electrons. The molecule has 0 fully saturated rings. The van der Waals surface area contributed by atoms with Gasteiger partial charge in [-0.2, -0.15) is 16.9 Å². The molecule has 0 aliphatic carbocycles. The van der Waals surface area contributed by atoms with Crippen molar-refractivity contribution in [2.24, 2.45) is 0 Å². The molecule has 4 nitrogen and oxygen atoms in total. The van der Waals surface area contributed by atoms with Crippen LogP contribution in [0.4, 0.5) is 0 Å². The largest absolute Gasteiger partial charge is 0.313 e. The Labute approximate surface area is 109 Å². The second-order valence-corrected chi connectivity index (χ2v) is 5.94. The highest BCUT2D eigenvalue weighted by atomic mass is 32.2. The maximum absolute atomic E-state index is 4.34. The Morgan fingerprint density at radius 3 is 2.76 bits per heavy atom. The highest BCUT2D eigenvalue weighted by Gasteiger charge is 2.13. The third kappa shape index (κ3) is 5.08. The first-order valence-corrected chi connectivity index (χ1v) is 7.43. The van der Waals surface area contributed by atoms with Gasteiger partial charge in [0.15, 0.2) is 0 Å². The molecule has 0 amide bonds. The van der Waals surface area contributed by atoms with E-state index < -0.39 is 0 Å². The number of aryl methyl sites for hydroxylation is 1. The molecule has 0 radical (unpaired) electrons. The van der Waals surface area contributed by atoms with Crippen molar-refractivity contribution in [3.05, 3.63) is 12.2 Å². The second kappa shape index (κ2) is 7.71. The maximum atomic E-state index is 4.34. The van der Waals surface area contributed by atoms with Gasteiger partial charge in [-0.3, -0.25) is 4.68 Å². The molecular weight excluding hydrogens is 232 g/mol. The fraction of sp³-hybridized carbons (Fsp3) is 0.833. The van der Waals surface area contributed by atoms with E-state index in [9.17, 15) is 0 Å². The zero-order valence-corrected chi connectivity index (χ0v) is 12.1. The molecule has 1 N–H and O–H groups in total. The molecule has 0 saturated carbocycles. The Morgan fingerprint density at radius 1 is 1.41 bits per heavy atom. The summed E-state index contributed by atoms with van der Waals surface area (Å²) in [6.45, 7) is 10.6. The monoisotopic (exact) mass is 256 g/mol. The minimum absolute atomic E-state index is 0.488. The van der Waals surface area contributed by atoms with Crippen molar-refractivity contribution in [3.8, 4) is 0 Å². The van der Waals surface area contributed by atoms with Gasteiger partial charge < -0.3 is 5.32 Å². The SMILES string of the molecule is CCNC(CSC(C)C)Cc1ncnn1CC. The van der Waals surface area contributed by atoms with Gasteiger partial charge in [0.1, 0.15) is 12.2 Å². The molecule has 1 atom stereocenters. The van der Waals surface area contributed by atoms with Crippen molar-refractivity contribution in [3.63, 3.8) is 0 Å². The average molecular weight is 256 g/mol. The first-order chi connectivity index (χ1) is 8.17. The van der Waals surface area contributed by atoms with Crippen LogP contribution in [-0.4, -0.2) is 38.4 Å². The molecule has 1 heterocycles. The average Bonchev–Trinajstić information content (AvgIpc) is 2.73. The number of likely N-dealkylation sites (N-methyl/N-ethyl adjacent to an activating group) is 1. The van der Waals surface area contributed by atoms with Crippen molar-refractivity contribution >= 4 is 11.8 Å². The number of rotatable bonds is 8. The first kappa shape index (κ1) is 14.5. The third-order valence-electron chi connectivity index (χ3n) is 2.55. The maximum Gasteiger partial charge on any atom is 0.138 e. The Kier molecular flexibility index (Phi) is 6.58. The smallest absolute Gasteiger partial charge is 0.138 e. The van der Waals surface area contributed by atoms with Gasteiger partial charge in [-0.1, -0.05) is 20.8 Å². The van der Waals surface area contributed by atoms with E-state index in [1.165, 1.54) is 0 Å². The molecule has 5 heteroatoms. The summed E-state index contributed by atoms with van der Waals surface area (Å²) in [5.74, 6) is 2.21. The number of nitrogens with one attached hydrogen (secondary N) is 1. The minimum Gasteiger partial charge on any atom is -0.313 e. The van der Waals surface area contributed by atoms with Crippen molar-refractivity contribution in [2.75, 3.05) is 12.3 Å². The summed E-state index contributed by atoms with van der Waals surface area (Å²) < 4.78 is 1.98. The lowest BCUT2D eigenvalue weighted by molar-refractivity contribution is 0.526. The normalized spacial score (nSPS) is 13.2. The quantitative estimate of drug-likeness (QED) is 0.772. The van der Waals surface area contributed by atoms with Gasteiger partial charge in [0.25, 0.3) is 0 Å². The summed E-state index contributed by atoms with van der Waals surface area (Å²) in [6.07, 6.45) is 2.61. The summed E-state index contributed by atoms with van der Waals surface area (Å²) in [6, 6.07) is 0.488. The summed E-state index contributed by atoms with van der Waals surface area (Å²) >= 11 is 1.99. The van der Waals surface area contributed by atoms with E-state index in [0.29, 0.717) is 11.3 Å². The Hall–Kier alpha value is -0.550. The van der Waals surface area contributed by atoms with Crippen molar-refractivity contribution in [1.29, 1.82) is 0 Å². The minimum atomic E-state index is 0.488. The van der Waals surface area contributed by atoms with Crippen LogP contribution in [0.3, 0.4) is 0 Å². The zero-order valence-electron chi connectivity index (χ0n) is 11.3. The predicted molar refractivity (Wildman–Crippen MR) is 74.5 cm³/mol. The molecular formula is C12H24N4S.